The Morgan fingerprint density at radius 1 is 1.11 bits per heavy atom. The zero-order chi connectivity index (χ0) is 13.7. The normalized spacial score (nSPS) is 10.2. The summed E-state index contributed by atoms with van der Waals surface area (Å²) >= 11 is 6.07. The highest BCUT2D eigenvalue weighted by molar-refractivity contribution is 6.31. The molecule has 2 nitrogen and oxygen atoms in total. The number of ether oxygens (including phenoxy) is 1. The second kappa shape index (κ2) is 6.39. The van der Waals surface area contributed by atoms with E-state index in [4.69, 9.17) is 16.3 Å². The van der Waals surface area contributed by atoms with E-state index in [1.54, 1.807) is 31.4 Å². The molecule has 0 heterocycles. The predicted octanol–water partition coefficient (Wildman–Crippen LogP) is 4.16. The Balaban J connectivity index is 1.99. The van der Waals surface area contributed by atoms with Gasteiger partial charge in [0, 0.05) is 17.0 Å². The van der Waals surface area contributed by atoms with Crippen molar-refractivity contribution in [2.24, 2.45) is 0 Å². The first-order valence-corrected chi connectivity index (χ1v) is 6.49. The standard InChI is InChI=1S/C16H15ClO2/c1-19-14-9-6-13(7-10-14)16(18)11-8-12-4-2-3-5-15(12)17/h2-7,9-10H,8,11H2,1H3. The van der Waals surface area contributed by atoms with E-state index >= 15 is 0 Å². The minimum Gasteiger partial charge on any atom is -0.497 e. The van der Waals surface area contributed by atoms with Gasteiger partial charge in [-0.05, 0) is 42.3 Å². The van der Waals surface area contributed by atoms with Gasteiger partial charge in [-0.3, -0.25) is 4.79 Å². The van der Waals surface area contributed by atoms with Gasteiger partial charge in [-0.2, -0.15) is 0 Å². The fourth-order valence-electron chi connectivity index (χ4n) is 1.87. The Kier molecular flexibility index (Phi) is 4.58. The van der Waals surface area contributed by atoms with Crippen LogP contribution in [0.3, 0.4) is 0 Å². The molecule has 0 N–H and O–H groups in total. The first-order valence-electron chi connectivity index (χ1n) is 6.11. The van der Waals surface area contributed by atoms with Crippen LogP contribution in [0.4, 0.5) is 0 Å². The van der Waals surface area contributed by atoms with Crippen LogP contribution in [0.2, 0.25) is 5.02 Å². The molecule has 0 fully saturated rings. The van der Waals surface area contributed by atoms with Gasteiger partial charge < -0.3 is 4.74 Å². The van der Waals surface area contributed by atoms with E-state index in [1.807, 2.05) is 24.3 Å². The number of ketones is 1. The van der Waals surface area contributed by atoms with E-state index in [0.29, 0.717) is 23.4 Å². The van der Waals surface area contributed by atoms with E-state index in [0.717, 1.165) is 11.3 Å². The lowest BCUT2D eigenvalue weighted by Crippen LogP contribution is -2.01. The number of benzene rings is 2. The van der Waals surface area contributed by atoms with Gasteiger partial charge in [0.05, 0.1) is 7.11 Å². The van der Waals surface area contributed by atoms with E-state index < -0.39 is 0 Å². The Bertz CT molecular complexity index is 561. The lowest BCUT2D eigenvalue weighted by Gasteiger charge is -2.05. The second-order valence-electron chi connectivity index (χ2n) is 4.24. The number of Topliss-reactive ketones (excluding diaryl/α,β-unsaturated/α-hetero) is 1. The molecular formula is C16H15ClO2. The molecule has 0 aliphatic rings. The average Bonchev–Trinajstić information content (AvgIpc) is 2.46. The summed E-state index contributed by atoms with van der Waals surface area (Å²) < 4.78 is 5.07. The molecule has 0 spiro atoms. The van der Waals surface area contributed by atoms with Crippen LogP contribution >= 0.6 is 11.6 Å². The average molecular weight is 275 g/mol. The van der Waals surface area contributed by atoms with E-state index in [1.165, 1.54) is 0 Å². The number of methoxy groups -OCH3 is 1. The summed E-state index contributed by atoms with van der Waals surface area (Å²) in [6, 6.07) is 14.8. The van der Waals surface area contributed by atoms with Gasteiger partial charge in [-0.1, -0.05) is 29.8 Å². The molecule has 0 aliphatic heterocycles. The van der Waals surface area contributed by atoms with Gasteiger partial charge in [-0.15, -0.1) is 0 Å². The van der Waals surface area contributed by atoms with Crippen LogP contribution < -0.4 is 4.74 Å². The fourth-order valence-corrected chi connectivity index (χ4v) is 2.10. The molecule has 98 valence electrons. The Hall–Kier alpha value is -1.80. The van der Waals surface area contributed by atoms with Gasteiger partial charge in [0.15, 0.2) is 5.78 Å². The summed E-state index contributed by atoms with van der Waals surface area (Å²) in [7, 11) is 1.61. The van der Waals surface area contributed by atoms with Crippen LogP contribution in [0.5, 0.6) is 5.75 Å². The highest BCUT2D eigenvalue weighted by Gasteiger charge is 2.07. The molecule has 2 rings (SSSR count). The van der Waals surface area contributed by atoms with Crippen molar-refractivity contribution in [3.63, 3.8) is 0 Å². The maximum Gasteiger partial charge on any atom is 0.163 e. The second-order valence-corrected chi connectivity index (χ2v) is 4.65. The van der Waals surface area contributed by atoms with Crippen molar-refractivity contribution in [1.82, 2.24) is 0 Å². The third-order valence-electron chi connectivity index (χ3n) is 2.99. The van der Waals surface area contributed by atoms with Crippen molar-refractivity contribution < 1.29 is 9.53 Å². The van der Waals surface area contributed by atoms with Crippen LogP contribution in [0.1, 0.15) is 22.3 Å². The van der Waals surface area contributed by atoms with Crippen molar-refractivity contribution in [1.29, 1.82) is 0 Å². The van der Waals surface area contributed by atoms with Crippen LogP contribution in [0.15, 0.2) is 48.5 Å². The monoisotopic (exact) mass is 274 g/mol. The topological polar surface area (TPSA) is 26.3 Å². The number of halogens is 1. The van der Waals surface area contributed by atoms with Gasteiger partial charge in [0.1, 0.15) is 5.75 Å². The van der Waals surface area contributed by atoms with Gasteiger partial charge in [-0.25, -0.2) is 0 Å². The molecule has 2 aromatic rings. The van der Waals surface area contributed by atoms with Crippen LogP contribution in [0.25, 0.3) is 0 Å². The van der Waals surface area contributed by atoms with Crippen LogP contribution in [-0.4, -0.2) is 12.9 Å². The number of hydrogen-bond donors (Lipinski definition) is 0. The Labute approximate surface area is 118 Å². The Morgan fingerprint density at radius 2 is 1.79 bits per heavy atom. The molecule has 0 atom stereocenters. The summed E-state index contributed by atoms with van der Waals surface area (Å²) in [6.07, 6.45) is 1.11. The molecule has 0 unspecified atom stereocenters. The molecule has 0 amide bonds. The molecule has 0 bridgehead atoms. The molecule has 0 saturated carbocycles. The third kappa shape index (κ3) is 3.58. The number of rotatable bonds is 5. The molecule has 0 aliphatic carbocycles. The fraction of sp³-hybridized carbons (Fsp3) is 0.188. The van der Waals surface area contributed by atoms with Crippen LogP contribution in [-0.2, 0) is 6.42 Å². The first-order chi connectivity index (χ1) is 9.20. The van der Waals surface area contributed by atoms with Crippen molar-refractivity contribution in [3.8, 4) is 5.75 Å². The maximum atomic E-state index is 12.0. The summed E-state index contributed by atoms with van der Waals surface area (Å²) in [5, 5.41) is 0.713. The smallest absolute Gasteiger partial charge is 0.163 e. The molecule has 0 radical (unpaired) electrons. The molecule has 3 heteroatoms. The summed E-state index contributed by atoms with van der Waals surface area (Å²) in [5.41, 5.74) is 1.71. The number of carbonyl (C=O) groups is 1. The largest absolute Gasteiger partial charge is 0.497 e. The number of carbonyl (C=O) groups excluding carboxylic acids is 1. The molecule has 19 heavy (non-hydrogen) atoms. The zero-order valence-electron chi connectivity index (χ0n) is 10.7. The predicted molar refractivity (Wildman–Crippen MR) is 77.1 cm³/mol. The van der Waals surface area contributed by atoms with Gasteiger partial charge >= 0.3 is 0 Å². The summed E-state index contributed by atoms with van der Waals surface area (Å²) in [6.45, 7) is 0. The van der Waals surface area contributed by atoms with Crippen molar-refractivity contribution in [2.45, 2.75) is 12.8 Å². The van der Waals surface area contributed by atoms with Crippen molar-refractivity contribution in [3.05, 3.63) is 64.7 Å². The van der Waals surface area contributed by atoms with Gasteiger partial charge in [0.25, 0.3) is 0 Å². The van der Waals surface area contributed by atoms with Crippen molar-refractivity contribution >= 4 is 17.4 Å². The summed E-state index contributed by atoms with van der Waals surface area (Å²) in [5.74, 6) is 0.866. The lowest BCUT2D eigenvalue weighted by atomic mass is 10.0. The molecular weight excluding hydrogens is 260 g/mol. The Morgan fingerprint density at radius 3 is 2.42 bits per heavy atom. The van der Waals surface area contributed by atoms with Crippen LogP contribution in [0, 0.1) is 0 Å². The van der Waals surface area contributed by atoms with Gasteiger partial charge in [0.2, 0.25) is 0 Å². The minimum atomic E-state index is 0.113. The first kappa shape index (κ1) is 13.6. The summed E-state index contributed by atoms with van der Waals surface area (Å²) in [4.78, 5) is 12.0. The lowest BCUT2D eigenvalue weighted by molar-refractivity contribution is 0.0983. The molecule has 2 aromatic carbocycles. The molecule has 0 saturated heterocycles. The number of aryl methyl sites for hydroxylation is 1. The quantitative estimate of drug-likeness (QED) is 0.765. The van der Waals surface area contributed by atoms with Crippen molar-refractivity contribution in [2.75, 3.05) is 7.11 Å². The maximum absolute atomic E-state index is 12.0. The third-order valence-corrected chi connectivity index (χ3v) is 3.36. The van der Waals surface area contributed by atoms with E-state index in [-0.39, 0.29) is 5.78 Å². The SMILES string of the molecule is COc1ccc(C(=O)CCc2ccccc2Cl)cc1. The minimum absolute atomic E-state index is 0.113. The highest BCUT2D eigenvalue weighted by Crippen LogP contribution is 2.18. The number of hydrogen-bond acceptors (Lipinski definition) is 2. The van der Waals surface area contributed by atoms with E-state index in [2.05, 4.69) is 0 Å². The van der Waals surface area contributed by atoms with E-state index in [9.17, 15) is 4.79 Å². The highest BCUT2D eigenvalue weighted by atomic mass is 35.5. The molecule has 0 aromatic heterocycles. The zero-order valence-corrected chi connectivity index (χ0v) is 11.5.